The fourth-order valence-electron chi connectivity index (χ4n) is 5.31. The molecule has 0 saturated heterocycles. The van der Waals surface area contributed by atoms with Crippen LogP contribution in [0.2, 0.25) is 0 Å². The highest BCUT2D eigenvalue weighted by Crippen LogP contribution is 2.26. The second kappa shape index (κ2) is 21.4. The summed E-state index contributed by atoms with van der Waals surface area (Å²) in [6.45, 7) is 10.7. The van der Waals surface area contributed by atoms with Gasteiger partial charge in [0.25, 0.3) is 0 Å². The van der Waals surface area contributed by atoms with Crippen LogP contribution in [0, 0.1) is 11.6 Å². The normalized spacial score (nSPS) is 10.6. The van der Waals surface area contributed by atoms with Gasteiger partial charge < -0.3 is 46.1 Å². The number of ether oxygens (including phenoxy) is 2. The second-order valence-electron chi connectivity index (χ2n) is 14.0. The lowest BCUT2D eigenvalue weighted by Crippen LogP contribution is -2.27. The van der Waals surface area contributed by atoms with E-state index in [0.29, 0.717) is 46.5 Å². The summed E-state index contributed by atoms with van der Waals surface area (Å²) < 4.78 is 39.3. The molecule has 15 nitrogen and oxygen atoms in total. The first-order chi connectivity index (χ1) is 29.7. The van der Waals surface area contributed by atoms with Gasteiger partial charge >= 0.3 is 0 Å². The third-order valence-corrected chi connectivity index (χ3v) is 8.23. The SMILES string of the molecule is C=CC(=O)N(C)Cc1cccc(Nc2nc(Nc3cccc(OC)c3)ncc2F)c1.C=CC(=O)Nc1cccc(Nc2nc(Nc3cccc(OCC(C)(C)O)c3)ncc2F)c1. The first kappa shape index (κ1) is 45.2. The molecule has 2 heterocycles. The lowest BCUT2D eigenvalue weighted by Gasteiger charge is -2.18. The van der Waals surface area contributed by atoms with E-state index in [1.807, 2.05) is 36.4 Å². The molecule has 0 bridgehead atoms. The zero-order valence-corrected chi connectivity index (χ0v) is 34.4. The van der Waals surface area contributed by atoms with Gasteiger partial charge in [-0.15, -0.1) is 0 Å². The third kappa shape index (κ3) is 14.1. The second-order valence-corrected chi connectivity index (χ2v) is 14.0. The zero-order chi connectivity index (χ0) is 44.6. The third-order valence-electron chi connectivity index (χ3n) is 8.23. The van der Waals surface area contributed by atoms with E-state index in [-0.39, 0.29) is 42.0 Å². The van der Waals surface area contributed by atoms with Gasteiger partial charge in [-0.25, -0.2) is 18.7 Å². The number of anilines is 9. The Morgan fingerprint density at radius 3 is 1.77 bits per heavy atom. The molecule has 0 radical (unpaired) electrons. The van der Waals surface area contributed by atoms with E-state index in [0.717, 1.165) is 24.0 Å². The van der Waals surface area contributed by atoms with Crippen LogP contribution in [0.1, 0.15) is 19.4 Å². The number of amides is 2. The number of nitrogens with zero attached hydrogens (tertiary/aromatic N) is 5. The van der Waals surface area contributed by atoms with E-state index in [1.54, 1.807) is 88.7 Å². The van der Waals surface area contributed by atoms with Gasteiger partial charge in [0.2, 0.25) is 23.7 Å². The van der Waals surface area contributed by atoms with Gasteiger partial charge in [-0.3, -0.25) is 9.59 Å². The highest BCUT2D eigenvalue weighted by molar-refractivity contribution is 5.99. The molecule has 0 spiro atoms. The van der Waals surface area contributed by atoms with Crippen LogP contribution in [0.15, 0.2) is 135 Å². The first-order valence-electron chi connectivity index (χ1n) is 18.9. The molecule has 2 amide bonds. The largest absolute Gasteiger partial charge is 0.497 e. The highest BCUT2D eigenvalue weighted by atomic mass is 19.1. The standard InChI is InChI=1S/C23H24FN5O3.C22H22FN5O2/c1-4-20(30)26-15-7-5-8-16(11-15)27-21-19(24)13-25-22(29-21)28-17-9-6-10-18(12-17)32-14-23(2,3)31;1-4-20(29)28(2)14-15-7-5-8-16(11-15)25-21-19(23)13-24-22(27-21)26-17-9-6-10-18(12-17)30-3/h4-13,31H,1,14H2,2-3H3,(H,26,30)(H2,25,27,28,29);4-13H,1,14H2,2-3H3,(H2,24,25,26,27). The van der Waals surface area contributed by atoms with Crippen molar-refractivity contribution in [2.75, 3.05) is 47.3 Å². The quantitative estimate of drug-likeness (QED) is 0.0480. The number of hydrogen-bond acceptors (Lipinski definition) is 13. The van der Waals surface area contributed by atoms with Crippen molar-refractivity contribution in [2.24, 2.45) is 0 Å². The van der Waals surface area contributed by atoms with Crippen molar-refractivity contribution >= 4 is 63.8 Å². The predicted octanol–water partition coefficient (Wildman–Crippen LogP) is 8.63. The maximum Gasteiger partial charge on any atom is 0.247 e. The number of aromatic nitrogens is 4. The number of carbonyl (C=O) groups is 2. The summed E-state index contributed by atoms with van der Waals surface area (Å²) >= 11 is 0. The van der Waals surface area contributed by atoms with Crippen molar-refractivity contribution in [3.63, 3.8) is 0 Å². The maximum absolute atomic E-state index is 14.3. The van der Waals surface area contributed by atoms with E-state index in [4.69, 9.17) is 9.47 Å². The summed E-state index contributed by atoms with van der Waals surface area (Å²) in [7, 11) is 3.26. The van der Waals surface area contributed by atoms with Gasteiger partial charge in [0.05, 0.1) is 25.1 Å². The number of nitrogens with one attached hydrogen (secondary N) is 5. The number of aliphatic hydroxyl groups is 1. The average molecular weight is 845 g/mol. The van der Waals surface area contributed by atoms with Crippen molar-refractivity contribution in [2.45, 2.75) is 26.0 Å². The molecule has 0 saturated carbocycles. The van der Waals surface area contributed by atoms with Crippen molar-refractivity contribution in [1.29, 1.82) is 0 Å². The number of rotatable bonds is 17. The van der Waals surface area contributed by atoms with Crippen LogP contribution in [-0.2, 0) is 16.1 Å². The lowest BCUT2D eigenvalue weighted by molar-refractivity contribution is -0.125. The van der Waals surface area contributed by atoms with E-state index in [9.17, 15) is 23.5 Å². The Kier molecular flexibility index (Phi) is 15.6. The number of hydrogen-bond donors (Lipinski definition) is 6. The molecular formula is C45H46F2N10O5. The molecule has 6 N–H and O–H groups in total. The molecule has 0 fully saturated rings. The van der Waals surface area contributed by atoms with Crippen LogP contribution < -0.4 is 36.1 Å². The molecule has 4 aromatic carbocycles. The van der Waals surface area contributed by atoms with Crippen molar-refractivity contribution in [3.05, 3.63) is 152 Å². The molecule has 0 aliphatic carbocycles. The monoisotopic (exact) mass is 844 g/mol. The summed E-state index contributed by atoms with van der Waals surface area (Å²) in [6, 6.07) is 28.3. The summed E-state index contributed by atoms with van der Waals surface area (Å²) in [5.74, 6) is -0.127. The van der Waals surface area contributed by atoms with Crippen LogP contribution in [0.5, 0.6) is 11.5 Å². The van der Waals surface area contributed by atoms with Crippen LogP contribution in [-0.4, -0.2) is 68.1 Å². The molecule has 17 heteroatoms. The summed E-state index contributed by atoms with van der Waals surface area (Å²) in [5, 5.41) is 24.3. The van der Waals surface area contributed by atoms with Gasteiger partial charge in [-0.2, -0.15) is 9.97 Å². The predicted molar refractivity (Wildman–Crippen MR) is 237 cm³/mol. The number of likely N-dealkylation sites (N-methyl/N-ethyl adjacent to an activating group) is 1. The topological polar surface area (TPSA) is 188 Å². The first-order valence-corrected chi connectivity index (χ1v) is 18.9. The molecule has 320 valence electrons. The molecule has 62 heavy (non-hydrogen) atoms. The molecule has 6 aromatic rings. The highest BCUT2D eigenvalue weighted by Gasteiger charge is 2.15. The molecule has 0 atom stereocenters. The summed E-state index contributed by atoms with van der Waals surface area (Å²) in [6.07, 6.45) is 4.57. The molecule has 0 unspecified atom stereocenters. The zero-order valence-electron chi connectivity index (χ0n) is 34.4. The fraction of sp³-hybridized carbons (Fsp3) is 0.156. The van der Waals surface area contributed by atoms with Crippen molar-refractivity contribution in [3.8, 4) is 11.5 Å². The van der Waals surface area contributed by atoms with Gasteiger partial charge in [0, 0.05) is 54.2 Å². The Bertz CT molecular complexity index is 2520. The van der Waals surface area contributed by atoms with E-state index >= 15 is 0 Å². The minimum Gasteiger partial charge on any atom is -0.497 e. The average Bonchev–Trinajstić information content (AvgIpc) is 3.25. The van der Waals surface area contributed by atoms with Crippen LogP contribution >= 0.6 is 0 Å². The summed E-state index contributed by atoms with van der Waals surface area (Å²) in [4.78, 5) is 41.1. The number of halogens is 2. The molecule has 6 rings (SSSR count). The van der Waals surface area contributed by atoms with Crippen LogP contribution in [0.25, 0.3) is 0 Å². The smallest absolute Gasteiger partial charge is 0.247 e. The Morgan fingerprint density at radius 2 is 1.23 bits per heavy atom. The minimum absolute atomic E-state index is 0.0306. The Balaban J connectivity index is 0.000000235. The van der Waals surface area contributed by atoms with Gasteiger partial charge in [0.15, 0.2) is 23.3 Å². The maximum atomic E-state index is 14.3. The molecule has 2 aromatic heterocycles. The Morgan fingerprint density at radius 1 is 0.726 bits per heavy atom. The molecular weight excluding hydrogens is 799 g/mol. The lowest BCUT2D eigenvalue weighted by atomic mass is 10.2. The Hall–Kier alpha value is -7.92. The molecule has 0 aliphatic heterocycles. The fourth-order valence-corrected chi connectivity index (χ4v) is 5.31. The van der Waals surface area contributed by atoms with Gasteiger partial charge in [-0.05, 0) is 86.2 Å². The van der Waals surface area contributed by atoms with E-state index in [1.165, 1.54) is 11.0 Å². The Labute approximate surface area is 357 Å². The van der Waals surface area contributed by atoms with Crippen LogP contribution in [0.4, 0.5) is 60.8 Å². The van der Waals surface area contributed by atoms with E-state index in [2.05, 4.69) is 59.7 Å². The van der Waals surface area contributed by atoms with Crippen molar-refractivity contribution < 1.29 is 33.0 Å². The minimum atomic E-state index is -0.962. The number of methoxy groups -OCH3 is 1. The van der Waals surface area contributed by atoms with Crippen LogP contribution in [0.3, 0.4) is 0 Å². The number of benzene rings is 4. The van der Waals surface area contributed by atoms with Gasteiger partial charge in [0.1, 0.15) is 18.1 Å². The number of carbonyl (C=O) groups excluding carboxylic acids is 2. The van der Waals surface area contributed by atoms with Crippen molar-refractivity contribution in [1.82, 2.24) is 24.8 Å². The molecule has 0 aliphatic rings. The van der Waals surface area contributed by atoms with Gasteiger partial charge in [-0.1, -0.05) is 43.5 Å². The van der Waals surface area contributed by atoms with E-state index < -0.39 is 17.2 Å². The summed E-state index contributed by atoms with van der Waals surface area (Å²) in [5.41, 5.74) is 2.94.